The fraction of sp³-hybridized carbons (Fsp3) is 0.333. The van der Waals surface area contributed by atoms with Crippen molar-refractivity contribution in [2.75, 3.05) is 11.1 Å². The maximum absolute atomic E-state index is 12.3. The summed E-state index contributed by atoms with van der Waals surface area (Å²) in [5.41, 5.74) is 10.6. The van der Waals surface area contributed by atoms with E-state index < -0.39 is 0 Å². The molecule has 5 heteroatoms. The van der Waals surface area contributed by atoms with Crippen molar-refractivity contribution in [3.05, 3.63) is 40.7 Å². The molecule has 0 spiro atoms. The first-order valence-electron chi connectivity index (χ1n) is 6.78. The number of carbonyl (C=O) groups excluding carboxylic acids is 1. The van der Waals surface area contributed by atoms with Crippen LogP contribution in [0.2, 0.25) is 0 Å². The largest absolute Gasteiger partial charge is 0.395 e. The minimum atomic E-state index is -0.264. The van der Waals surface area contributed by atoms with E-state index in [9.17, 15) is 4.79 Å². The standard InChI is InChI=1S/C15H18N4O/c1-8-3-4-9(2)11(7-8)17-15(20)14-12(16)13(18-19-14)10-5-6-10/h3-4,7,10H,5-6,16H2,1-2H3,(H,17,20)(H,18,19). The molecule has 5 nitrogen and oxygen atoms in total. The van der Waals surface area contributed by atoms with Crippen LogP contribution in [0, 0.1) is 13.8 Å². The van der Waals surface area contributed by atoms with Crippen molar-refractivity contribution >= 4 is 17.3 Å². The van der Waals surface area contributed by atoms with Crippen LogP contribution in [0.5, 0.6) is 0 Å². The summed E-state index contributed by atoms with van der Waals surface area (Å²) >= 11 is 0. The monoisotopic (exact) mass is 270 g/mol. The predicted octanol–water partition coefficient (Wildman–Crippen LogP) is 2.74. The van der Waals surface area contributed by atoms with E-state index in [4.69, 9.17) is 5.73 Å². The van der Waals surface area contributed by atoms with E-state index in [1.807, 2.05) is 32.0 Å². The molecule has 3 rings (SSSR count). The average Bonchev–Trinajstić information content (AvgIpc) is 3.17. The Hall–Kier alpha value is -2.30. The highest BCUT2D eigenvalue weighted by molar-refractivity contribution is 6.07. The Morgan fingerprint density at radius 3 is 2.85 bits per heavy atom. The summed E-state index contributed by atoms with van der Waals surface area (Å²) in [5.74, 6) is 0.184. The number of hydrogen-bond acceptors (Lipinski definition) is 3. The van der Waals surface area contributed by atoms with Gasteiger partial charge in [-0.2, -0.15) is 5.10 Å². The molecule has 0 saturated heterocycles. The van der Waals surface area contributed by atoms with Crippen molar-refractivity contribution < 1.29 is 4.79 Å². The number of benzene rings is 1. The topological polar surface area (TPSA) is 83.8 Å². The van der Waals surface area contributed by atoms with Crippen LogP contribution in [0.1, 0.15) is 46.1 Å². The Kier molecular flexibility index (Phi) is 2.97. The molecule has 104 valence electrons. The molecule has 20 heavy (non-hydrogen) atoms. The first-order valence-corrected chi connectivity index (χ1v) is 6.78. The number of nitrogens with zero attached hydrogens (tertiary/aromatic N) is 1. The molecule has 4 N–H and O–H groups in total. The van der Waals surface area contributed by atoms with Crippen LogP contribution in [0.3, 0.4) is 0 Å². The van der Waals surface area contributed by atoms with E-state index in [2.05, 4.69) is 15.5 Å². The highest BCUT2D eigenvalue weighted by Gasteiger charge is 2.30. The fourth-order valence-corrected chi connectivity index (χ4v) is 2.27. The summed E-state index contributed by atoms with van der Waals surface area (Å²) in [6.45, 7) is 3.95. The molecule has 1 aromatic heterocycles. The van der Waals surface area contributed by atoms with Gasteiger partial charge in [0.1, 0.15) is 0 Å². The van der Waals surface area contributed by atoms with E-state index in [1.165, 1.54) is 0 Å². The van der Waals surface area contributed by atoms with Gasteiger partial charge >= 0.3 is 0 Å². The molecule has 1 amide bonds. The van der Waals surface area contributed by atoms with Gasteiger partial charge in [0, 0.05) is 11.6 Å². The van der Waals surface area contributed by atoms with E-state index in [1.54, 1.807) is 0 Å². The summed E-state index contributed by atoms with van der Waals surface area (Å²) in [5, 5.41) is 9.84. The lowest BCUT2D eigenvalue weighted by Gasteiger charge is -2.08. The number of nitrogens with two attached hydrogens (primary N) is 1. The number of anilines is 2. The number of aryl methyl sites for hydroxylation is 2. The Bertz CT molecular complexity index is 671. The van der Waals surface area contributed by atoms with Gasteiger partial charge in [-0.3, -0.25) is 9.89 Å². The van der Waals surface area contributed by atoms with Crippen LogP contribution in [0.4, 0.5) is 11.4 Å². The van der Waals surface area contributed by atoms with Gasteiger partial charge < -0.3 is 11.1 Å². The number of H-pyrrole nitrogens is 1. The summed E-state index contributed by atoms with van der Waals surface area (Å²) in [6, 6.07) is 5.94. The quantitative estimate of drug-likeness (QED) is 0.801. The number of aromatic amines is 1. The first kappa shape index (κ1) is 12.7. The van der Waals surface area contributed by atoms with Crippen molar-refractivity contribution in [3.63, 3.8) is 0 Å². The van der Waals surface area contributed by atoms with Crippen molar-refractivity contribution in [2.24, 2.45) is 0 Å². The van der Waals surface area contributed by atoms with Crippen LogP contribution < -0.4 is 11.1 Å². The number of rotatable bonds is 3. The molecule has 0 atom stereocenters. The number of hydrogen-bond donors (Lipinski definition) is 3. The van der Waals surface area contributed by atoms with Gasteiger partial charge in [0.2, 0.25) is 0 Å². The Morgan fingerprint density at radius 1 is 1.40 bits per heavy atom. The molecular weight excluding hydrogens is 252 g/mol. The fourth-order valence-electron chi connectivity index (χ4n) is 2.27. The van der Waals surface area contributed by atoms with Crippen LogP contribution in [0.15, 0.2) is 18.2 Å². The second-order valence-corrected chi connectivity index (χ2v) is 5.45. The first-order chi connectivity index (χ1) is 9.56. The van der Waals surface area contributed by atoms with Gasteiger partial charge in [-0.05, 0) is 43.9 Å². The lowest BCUT2D eigenvalue weighted by Crippen LogP contribution is -2.15. The average molecular weight is 270 g/mol. The van der Waals surface area contributed by atoms with Crippen LogP contribution >= 0.6 is 0 Å². The Morgan fingerprint density at radius 2 is 2.15 bits per heavy atom. The van der Waals surface area contributed by atoms with Crippen molar-refractivity contribution in [1.29, 1.82) is 0 Å². The third kappa shape index (κ3) is 2.27. The molecule has 0 unspecified atom stereocenters. The van der Waals surface area contributed by atoms with E-state index in [0.29, 0.717) is 11.6 Å². The summed E-state index contributed by atoms with van der Waals surface area (Å²) < 4.78 is 0. The second kappa shape index (κ2) is 4.67. The molecule has 1 aliphatic carbocycles. The van der Waals surface area contributed by atoms with Crippen LogP contribution in [-0.2, 0) is 0 Å². The number of nitrogens with one attached hydrogen (secondary N) is 2. The molecule has 1 aliphatic rings. The van der Waals surface area contributed by atoms with E-state index in [-0.39, 0.29) is 11.6 Å². The van der Waals surface area contributed by atoms with E-state index in [0.717, 1.165) is 35.3 Å². The van der Waals surface area contributed by atoms with Gasteiger partial charge in [-0.15, -0.1) is 0 Å². The highest BCUT2D eigenvalue weighted by atomic mass is 16.2. The third-order valence-electron chi connectivity index (χ3n) is 3.68. The molecule has 1 heterocycles. The van der Waals surface area contributed by atoms with Crippen molar-refractivity contribution in [2.45, 2.75) is 32.6 Å². The number of carbonyl (C=O) groups is 1. The van der Waals surface area contributed by atoms with Crippen molar-refractivity contribution in [3.8, 4) is 0 Å². The zero-order valence-electron chi connectivity index (χ0n) is 11.7. The maximum Gasteiger partial charge on any atom is 0.278 e. The molecule has 0 radical (unpaired) electrons. The lowest BCUT2D eigenvalue weighted by atomic mass is 10.1. The molecule has 0 aliphatic heterocycles. The van der Waals surface area contributed by atoms with Crippen LogP contribution in [-0.4, -0.2) is 16.1 Å². The summed E-state index contributed by atoms with van der Waals surface area (Å²) in [6.07, 6.45) is 2.23. The maximum atomic E-state index is 12.3. The highest BCUT2D eigenvalue weighted by Crippen LogP contribution is 2.42. The van der Waals surface area contributed by atoms with E-state index >= 15 is 0 Å². The number of amides is 1. The second-order valence-electron chi connectivity index (χ2n) is 5.45. The predicted molar refractivity (Wildman–Crippen MR) is 78.8 cm³/mol. The van der Waals surface area contributed by atoms with Gasteiger partial charge in [-0.1, -0.05) is 12.1 Å². The minimum Gasteiger partial charge on any atom is -0.395 e. The zero-order valence-corrected chi connectivity index (χ0v) is 11.7. The normalized spacial score (nSPS) is 14.3. The number of nitrogen functional groups attached to an aromatic ring is 1. The van der Waals surface area contributed by atoms with Gasteiger partial charge in [-0.25, -0.2) is 0 Å². The molecule has 1 saturated carbocycles. The lowest BCUT2D eigenvalue weighted by molar-refractivity contribution is 0.102. The molecule has 2 aromatic rings. The van der Waals surface area contributed by atoms with Gasteiger partial charge in [0.25, 0.3) is 5.91 Å². The molecule has 0 bridgehead atoms. The molecule has 1 aromatic carbocycles. The third-order valence-corrected chi connectivity index (χ3v) is 3.68. The van der Waals surface area contributed by atoms with Gasteiger partial charge in [0.05, 0.1) is 11.4 Å². The Balaban J connectivity index is 1.84. The molecule has 1 fully saturated rings. The smallest absolute Gasteiger partial charge is 0.278 e. The van der Waals surface area contributed by atoms with Gasteiger partial charge in [0.15, 0.2) is 5.69 Å². The summed E-state index contributed by atoms with van der Waals surface area (Å²) in [7, 11) is 0. The molecular formula is C15H18N4O. The van der Waals surface area contributed by atoms with Crippen molar-refractivity contribution in [1.82, 2.24) is 10.2 Å². The van der Waals surface area contributed by atoms with Crippen LogP contribution in [0.25, 0.3) is 0 Å². The number of aromatic nitrogens is 2. The Labute approximate surface area is 117 Å². The SMILES string of the molecule is Cc1ccc(C)c(NC(=O)c2n[nH]c(C3CC3)c2N)c1. The zero-order chi connectivity index (χ0) is 14.3. The summed E-state index contributed by atoms with van der Waals surface area (Å²) in [4.78, 5) is 12.3. The minimum absolute atomic E-state index is 0.264.